The molecule has 6 atom stereocenters. The molecule has 0 aliphatic heterocycles. The van der Waals surface area contributed by atoms with Gasteiger partial charge in [-0.3, -0.25) is 29.8 Å². The maximum Gasteiger partial charge on any atom is 0.332 e. The van der Waals surface area contributed by atoms with Crippen LogP contribution in [0.3, 0.4) is 0 Å². The van der Waals surface area contributed by atoms with Gasteiger partial charge in [0.1, 0.15) is 12.2 Å². The van der Waals surface area contributed by atoms with E-state index in [1.165, 1.54) is 62.4 Å². The molecule has 0 fully saturated rings. The summed E-state index contributed by atoms with van der Waals surface area (Å²) in [6.45, 7) is 2.80. The fraction of sp³-hybridized carbons (Fsp3) is 0.423. The molecule has 2 rings (SSSR count). The summed E-state index contributed by atoms with van der Waals surface area (Å²) < 4.78 is 0. The Hall–Kier alpha value is -4.15. The zero-order valence-electron chi connectivity index (χ0n) is 22.3. The van der Waals surface area contributed by atoms with Crippen LogP contribution in [0, 0.1) is 32.1 Å². The minimum Gasteiger partial charge on any atom is -0.480 e. The van der Waals surface area contributed by atoms with Gasteiger partial charge in [-0.2, -0.15) is 0 Å². The normalized spacial score (nSPS) is 16.6. The van der Waals surface area contributed by atoms with Gasteiger partial charge >= 0.3 is 5.97 Å². The maximum atomic E-state index is 13.4. The number of hydrogen-bond donors (Lipinski definition) is 6. The molecule has 41 heavy (non-hydrogen) atoms. The van der Waals surface area contributed by atoms with E-state index in [1.54, 1.807) is 0 Å². The summed E-state index contributed by atoms with van der Waals surface area (Å²) >= 11 is 0. The number of aliphatic carboxylic acids is 1. The highest BCUT2D eigenvalue weighted by molar-refractivity contribution is 6.14. The summed E-state index contributed by atoms with van der Waals surface area (Å²) in [5, 5.41) is 53.2. The van der Waals surface area contributed by atoms with Gasteiger partial charge in [-0.1, -0.05) is 38.1 Å². The monoisotopic (exact) mass is 575 g/mol. The lowest BCUT2D eigenvalue weighted by atomic mass is 9.69. The third-order valence-corrected chi connectivity index (χ3v) is 6.83. The van der Waals surface area contributed by atoms with Crippen LogP contribution in [-0.2, 0) is 27.2 Å². The minimum absolute atomic E-state index is 0.128. The van der Waals surface area contributed by atoms with Gasteiger partial charge in [0.25, 0.3) is 11.4 Å². The lowest BCUT2D eigenvalue weighted by molar-refractivity contribution is -0.385. The van der Waals surface area contributed by atoms with Crippen molar-refractivity contribution in [1.29, 1.82) is 0 Å². The van der Waals surface area contributed by atoms with Gasteiger partial charge in [0, 0.05) is 36.3 Å². The SMILES string of the molecule is CC(C)C(C(=O)C(O)C(N)Cc1ccc([N+](=O)[O-])cc1)[C@](N)(C(=O)O)C(=O)C(O)C(N)Cc1ccc([N+](=O)[O-])cc1. The highest BCUT2D eigenvalue weighted by Gasteiger charge is 2.57. The average molecular weight is 576 g/mol. The average Bonchev–Trinajstić information content (AvgIpc) is 2.91. The molecule has 0 aliphatic carbocycles. The molecule has 15 nitrogen and oxygen atoms in total. The number of rotatable bonds is 15. The number of nitro benzene ring substituents is 2. The zero-order chi connectivity index (χ0) is 31.2. The number of carboxylic acid groups (broad SMARTS) is 1. The van der Waals surface area contributed by atoms with Crippen molar-refractivity contribution in [2.45, 2.75) is 56.5 Å². The number of carbonyl (C=O) groups is 3. The lowest BCUT2D eigenvalue weighted by Crippen LogP contribution is -2.69. The number of ketones is 2. The number of Topliss-reactive ketones (excluding diaryl/α,β-unsaturated/α-hetero) is 2. The standard InChI is InChI=1S/C26H33N5O10/c1-13(2)20(23(34)21(32)18(27)11-14-3-7-16(8-4-14)30(38)39)26(29,25(36)37)24(35)22(33)19(28)12-15-5-9-17(10-6-15)31(40)41/h3-10,13,18-22,32-33H,11-12,27-29H2,1-2H3,(H,36,37)/t18?,19?,20?,21?,22?,26-/m1/s1. The summed E-state index contributed by atoms with van der Waals surface area (Å²) in [6.07, 6.45) is -4.47. The fourth-order valence-electron chi connectivity index (χ4n) is 4.58. The van der Waals surface area contributed by atoms with Gasteiger partial charge in [0.15, 0.2) is 17.1 Å². The maximum absolute atomic E-state index is 13.4. The topological polar surface area (TPSA) is 276 Å². The zero-order valence-corrected chi connectivity index (χ0v) is 22.3. The second-order valence-corrected chi connectivity index (χ2v) is 10.1. The lowest BCUT2D eigenvalue weighted by Gasteiger charge is -2.37. The van der Waals surface area contributed by atoms with Crippen molar-refractivity contribution >= 4 is 28.9 Å². The van der Waals surface area contributed by atoms with E-state index in [2.05, 4.69) is 0 Å². The number of nitrogens with two attached hydrogens (primary N) is 3. The number of aliphatic hydroxyl groups excluding tert-OH is 2. The summed E-state index contributed by atoms with van der Waals surface area (Å²) in [5.74, 6) is -7.32. The van der Waals surface area contributed by atoms with Gasteiger partial charge in [-0.25, -0.2) is 4.79 Å². The summed E-state index contributed by atoms with van der Waals surface area (Å²) in [6, 6.07) is 7.57. The Balaban J connectivity index is 2.29. The molecule has 222 valence electrons. The van der Waals surface area contributed by atoms with Crippen LogP contribution in [-0.4, -0.2) is 72.5 Å². The first-order valence-electron chi connectivity index (χ1n) is 12.5. The van der Waals surface area contributed by atoms with E-state index in [0.717, 1.165) is 0 Å². The molecule has 2 aromatic rings. The third-order valence-electron chi connectivity index (χ3n) is 6.83. The van der Waals surface area contributed by atoms with Crippen molar-refractivity contribution in [1.82, 2.24) is 0 Å². The van der Waals surface area contributed by atoms with Crippen molar-refractivity contribution in [3.63, 3.8) is 0 Å². The molecule has 0 bridgehead atoms. The van der Waals surface area contributed by atoms with E-state index in [-0.39, 0.29) is 24.2 Å². The summed E-state index contributed by atoms with van der Waals surface area (Å²) in [5.41, 5.74) is 15.5. The third kappa shape index (κ3) is 7.53. The highest BCUT2D eigenvalue weighted by Crippen LogP contribution is 2.30. The molecule has 0 saturated carbocycles. The number of non-ortho nitro benzene ring substituents is 2. The van der Waals surface area contributed by atoms with Gasteiger partial charge in [-0.15, -0.1) is 0 Å². The van der Waals surface area contributed by atoms with Crippen LogP contribution in [0.25, 0.3) is 0 Å². The van der Waals surface area contributed by atoms with Crippen molar-refractivity contribution in [2.24, 2.45) is 29.0 Å². The van der Waals surface area contributed by atoms with Crippen molar-refractivity contribution < 1.29 is 39.5 Å². The molecule has 0 saturated heterocycles. The first-order valence-corrected chi connectivity index (χ1v) is 12.5. The number of nitro groups is 2. The predicted molar refractivity (Wildman–Crippen MR) is 144 cm³/mol. The number of benzene rings is 2. The predicted octanol–water partition coefficient (Wildman–Crippen LogP) is -0.143. The van der Waals surface area contributed by atoms with Crippen LogP contribution in [0.15, 0.2) is 48.5 Å². The van der Waals surface area contributed by atoms with Crippen LogP contribution in [0.1, 0.15) is 25.0 Å². The summed E-state index contributed by atoms with van der Waals surface area (Å²) in [4.78, 5) is 59.6. The second-order valence-electron chi connectivity index (χ2n) is 10.1. The number of carbonyl (C=O) groups excluding carboxylic acids is 2. The number of carboxylic acids is 1. The van der Waals surface area contributed by atoms with Crippen LogP contribution < -0.4 is 17.2 Å². The smallest absolute Gasteiger partial charge is 0.332 e. The fourth-order valence-corrected chi connectivity index (χ4v) is 4.58. The minimum atomic E-state index is -3.01. The first-order chi connectivity index (χ1) is 19.0. The van der Waals surface area contributed by atoms with Crippen molar-refractivity contribution in [3.8, 4) is 0 Å². The Kier molecular flexibility index (Phi) is 10.9. The molecule has 0 radical (unpaired) electrons. The Bertz CT molecular complexity index is 1280. The van der Waals surface area contributed by atoms with E-state index in [9.17, 15) is 49.9 Å². The quantitative estimate of drug-likeness (QED) is 0.0917. The van der Waals surface area contributed by atoms with Crippen LogP contribution in [0.5, 0.6) is 0 Å². The second kappa shape index (κ2) is 13.5. The molecular weight excluding hydrogens is 542 g/mol. The molecule has 0 aromatic heterocycles. The van der Waals surface area contributed by atoms with Crippen LogP contribution >= 0.6 is 0 Å². The van der Waals surface area contributed by atoms with Gasteiger partial charge < -0.3 is 32.5 Å². The largest absolute Gasteiger partial charge is 0.480 e. The van der Waals surface area contributed by atoms with E-state index in [4.69, 9.17) is 17.2 Å². The van der Waals surface area contributed by atoms with E-state index >= 15 is 0 Å². The van der Waals surface area contributed by atoms with Crippen LogP contribution in [0.4, 0.5) is 11.4 Å². The van der Waals surface area contributed by atoms with E-state index in [1.807, 2.05) is 0 Å². The molecular formula is C26H33N5O10. The van der Waals surface area contributed by atoms with Gasteiger partial charge in [0.2, 0.25) is 0 Å². The van der Waals surface area contributed by atoms with E-state index < -0.39 is 69.0 Å². The van der Waals surface area contributed by atoms with Gasteiger partial charge in [-0.05, 0) is 29.9 Å². The highest BCUT2D eigenvalue weighted by atomic mass is 16.6. The number of nitrogens with zero attached hydrogens (tertiary/aromatic N) is 2. The molecule has 0 amide bonds. The molecule has 0 aliphatic rings. The van der Waals surface area contributed by atoms with Crippen molar-refractivity contribution in [2.75, 3.05) is 0 Å². The van der Waals surface area contributed by atoms with Crippen molar-refractivity contribution in [3.05, 3.63) is 79.9 Å². The van der Waals surface area contributed by atoms with Crippen LogP contribution in [0.2, 0.25) is 0 Å². The van der Waals surface area contributed by atoms with E-state index in [0.29, 0.717) is 11.1 Å². The molecule has 0 heterocycles. The molecule has 15 heteroatoms. The number of aliphatic hydroxyl groups is 2. The Morgan fingerprint density at radius 1 is 0.805 bits per heavy atom. The number of hydrogen-bond acceptors (Lipinski definition) is 12. The molecule has 5 unspecified atom stereocenters. The molecule has 2 aromatic carbocycles. The Morgan fingerprint density at radius 2 is 1.17 bits per heavy atom. The Morgan fingerprint density at radius 3 is 1.49 bits per heavy atom. The molecule has 0 spiro atoms. The molecule has 9 N–H and O–H groups in total. The Labute approximate surface area is 234 Å². The summed E-state index contributed by atoms with van der Waals surface area (Å²) in [7, 11) is 0. The first kappa shape index (κ1) is 33.1. The van der Waals surface area contributed by atoms with Gasteiger partial charge in [0.05, 0.1) is 15.8 Å².